The number of furan rings is 1. The Balaban J connectivity index is 1.68. The molecule has 0 radical (unpaired) electrons. The quantitative estimate of drug-likeness (QED) is 0.797. The number of nitrogens with one attached hydrogen (secondary N) is 1. The lowest BCUT2D eigenvalue weighted by Crippen LogP contribution is -2.25. The van der Waals surface area contributed by atoms with Gasteiger partial charge in [-0.15, -0.1) is 0 Å². The van der Waals surface area contributed by atoms with Gasteiger partial charge in [-0.3, -0.25) is 14.8 Å². The fraction of sp³-hybridized carbons (Fsp3) is 0.235. The normalized spacial score (nSPS) is 10.9. The zero-order valence-electron chi connectivity index (χ0n) is 12.9. The van der Waals surface area contributed by atoms with Crippen LogP contribution in [0.1, 0.15) is 22.5 Å². The lowest BCUT2D eigenvalue weighted by atomic mass is 10.1. The summed E-state index contributed by atoms with van der Waals surface area (Å²) in [5.74, 6) is -0.105. The highest BCUT2D eigenvalue weighted by Gasteiger charge is 2.12. The molecule has 0 aliphatic rings. The molecule has 0 aliphatic heterocycles. The number of hydrogen-bond acceptors (Lipinski definition) is 4. The van der Waals surface area contributed by atoms with Gasteiger partial charge < -0.3 is 9.73 Å². The van der Waals surface area contributed by atoms with Gasteiger partial charge in [0.05, 0.1) is 36.8 Å². The Morgan fingerprint density at radius 3 is 2.83 bits per heavy atom. The Hall–Kier alpha value is -2.40. The van der Waals surface area contributed by atoms with Crippen LogP contribution < -0.4 is 5.32 Å². The summed E-state index contributed by atoms with van der Waals surface area (Å²) in [7, 11) is 0. The zero-order valence-corrected chi connectivity index (χ0v) is 13.6. The first-order valence-electron chi connectivity index (χ1n) is 7.23. The average molecular weight is 330 g/mol. The number of benzene rings is 1. The van der Waals surface area contributed by atoms with Gasteiger partial charge in [-0.1, -0.05) is 11.6 Å². The molecule has 6 heteroatoms. The summed E-state index contributed by atoms with van der Waals surface area (Å²) in [6.45, 7) is 4.13. The van der Waals surface area contributed by atoms with Gasteiger partial charge in [0.2, 0.25) is 5.91 Å². The molecule has 0 saturated carbocycles. The summed E-state index contributed by atoms with van der Waals surface area (Å²) >= 11 is 6.15. The maximum absolute atomic E-state index is 12.1. The van der Waals surface area contributed by atoms with Crippen molar-refractivity contribution in [3.8, 4) is 0 Å². The highest BCUT2D eigenvalue weighted by atomic mass is 35.5. The van der Waals surface area contributed by atoms with E-state index in [0.717, 1.165) is 33.5 Å². The van der Waals surface area contributed by atoms with Gasteiger partial charge in [0.15, 0.2) is 0 Å². The third kappa shape index (κ3) is 3.51. The first-order valence-corrected chi connectivity index (χ1v) is 7.61. The number of fused-ring (bicyclic) bond motifs is 1. The van der Waals surface area contributed by atoms with Crippen LogP contribution in [0.3, 0.4) is 0 Å². The molecular formula is C17H16ClN3O2. The van der Waals surface area contributed by atoms with E-state index < -0.39 is 0 Å². The van der Waals surface area contributed by atoms with Crippen molar-refractivity contribution >= 4 is 28.5 Å². The molecule has 1 N–H and O–H groups in total. The molecule has 0 saturated heterocycles. The Bertz CT molecular complexity index is 856. The summed E-state index contributed by atoms with van der Waals surface area (Å²) in [6.07, 6.45) is 5.16. The van der Waals surface area contributed by atoms with Crippen LogP contribution in [-0.4, -0.2) is 15.9 Å². The molecule has 0 bridgehead atoms. The predicted octanol–water partition coefficient (Wildman–Crippen LogP) is 3.35. The summed E-state index contributed by atoms with van der Waals surface area (Å²) in [5.41, 5.74) is 4.06. The number of halogens is 1. The monoisotopic (exact) mass is 329 g/mol. The van der Waals surface area contributed by atoms with Crippen molar-refractivity contribution in [1.82, 2.24) is 15.3 Å². The van der Waals surface area contributed by atoms with Crippen LogP contribution in [0.2, 0.25) is 5.02 Å². The number of nitrogens with zero attached hydrogens (tertiary/aromatic N) is 2. The molecule has 3 rings (SSSR count). The van der Waals surface area contributed by atoms with Gasteiger partial charge in [-0.05, 0) is 31.5 Å². The van der Waals surface area contributed by atoms with E-state index in [1.807, 2.05) is 26.0 Å². The van der Waals surface area contributed by atoms with Crippen LogP contribution in [0.25, 0.3) is 11.0 Å². The molecule has 5 nitrogen and oxygen atoms in total. The van der Waals surface area contributed by atoms with E-state index in [2.05, 4.69) is 15.3 Å². The van der Waals surface area contributed by atoms with Crippen molar-refractivity contribution in [2.24, 2.45) is 0 Å². The van der Waals surface area contributed by atoms with Crippen LogP contribution in [0, 0.1) is 13.8 Å². The van der Waals surface area contributed by atoms with Gasteiger partial charge in [0.25, 0.3) is 0 Å². The number of aryl methyl sites for hydroxylation is 2. The van der Waals surface area contributed by atoms with Crippen LogP contribution in [0.5, 0.6) is 0 Å². The fourth-order valence-electron chi connectivity index (χ4n) is 2.27. The first kappa shape index (κ1) is 15.5. The topological polar surface area (TPSA) is 68.0 Å². The fourth-order valence-corrected chi connectivity index (χ4v) is 2.44. The zero-order chi connectivity index (χ0) is 16.4. The number of carbonyl (C=O) groups excluding carboxylic acids is 1. The van der Waals surface area contributed by atoms with E-state index in [4.69, 9.17) is 16.0 Å². The van der Waals surface area contributed by atoms with E-state index in [1.165, 1.54) is 0 Å². The van der Waals surface area contributed by atoms with E-state index in [-0.39, 0.29) is 12.3 Å². The maximum Gasteiger partial charge on any atom is 0.224 e. The molecule has 0 atom stereocenters. The lowest BCUT2D eigenvalue weighted by Gasteiger charge is -2.04. The van der Waals surface area contributed by atoms with Gasteiger partial charge in [-0.25, -0.2) is 0 Å². The second-order valence-electron chi connectivity index (χ2n) is 5.46. The molecule has 2 heterocycles. The highest BCUT2D eigenvalue weighted by Crippen LogP contribution is 2.27. The molecule has 0 fully saturated rings. The minimum absolute atomic E-state index is 0.105. The molecule has 3 aromatic rings. The Morgan fingerprint density at radius 1 is 1.26 bits per heavy atom. The largest absolute Gasteiger partial charge is 0.464 e. The van der Waals surface area contributed by atoms with Crippen molar-refractivity contribution in [2.45, 2.75) is 26.8 Å². The number of aromatic nitrogens is 2. The summed E-state index contributed by atoms with van der Waals surface area (Å²) in [4.78, 5) is 20.5. The summed E-state index contributed by atoms with van der Waals surface area (Å²) in [6, 6.07) is 3.71. The third-order valence-corrected chi connectivity index (χ3v) is 3.99. The highest BCUT2D eigenvalue weighted by molar-refractivity contribution is 6.32. The third-order valence-electron chi connectivity index (χ3n) is 3.59. The number of hydrogen-bond donors (Lipinski definition) is 1. The van der Waals surface area contributed by atoms with E-state index in [9.17, 15) is 4.79 Å². The summed E-state index contributed by atoms with van der Waals surface area (Å²) < 4.78 is 5.50. The maximum atomic E-state index is 12.1. The molecule has 118 valence electrons. The Morgan fingerprint density at radius 2 is 2.09 bits per heavy atom. The number of rotatable bonds is 4. The van der Waals surface area contributed by atoms with Crippen LogP contribution >= 0.6 is 11.6 Å². The van der Waals surface area contributed by atoms with Crippen molar-refractivity contribution in [3.05, 3.63) is 58.3 Å². The van der Waals surface area contributed by atoms with E-state index >= 15 is 0 Å². The molecule has 0 spiro atoms. The standard InChI is InChI=1S/C17H16ClN3O2/c1-10-3-16-14(5-15(10)18)12(9-23-16)4-17(22)21-8-13-7-19-11(2)6-20-13/h3,5-7,9H,4,8H2,1-2H3,(H,21,22). The number of carbonyl (C=O) groups is 1. The molecular weight excluding hydrogens is 314 g/mol. The Kier molecular flexibility index (Phi) is 4.30. The minimum atomic E-state index is -0.105. The van der Waals surface area contributed by atoms with Crippen LogP contribution in [-0.2, 0) is 17.8 Å². The SMILES string of the molecule is Cc1cnc(CNC(=O)Cc2coc3cc(C)c(Cl)cc23)cn1. The van der Waals surface area contributed by atoms with Crippen LogP contribution in [0.15, 0.2) is 35.2 Å². The van der Waals surface area contributed by atoms with Gasteiger partial charge in [0, 0.05) is 22.2 Å². The first-order chi connectivity index (χ1) is 11.0. The van der Waals surface area contributed by atoms with Crippen molar-refractivity contribution < 1.29 is 9.21 Å². The number of amides is 1. The van der Waals surface area contributed by atoms with Crippen molar-refractivity contribution in [3.63, 3.8) is 0 Å². The van der Waals surface area contributed by atoms with E-state index in [1.54, 1.807) is 18.7 Å². The molecule has 1 aromatic carbocycles. The predicted molar refractivity (Wildman–Crippen MR) is 88.3 cm³/mol. The summed E-state index contributed by atoms with van der Waals surface area (Å²) in [5, 5.41) is 4.36. The van der Waals surface area contributed by atoms with Gasteiger partial charge in [-0.2, -0.15) is 0 Å². The van der Waals surface area contributed by atoms with Gasteiger partial charge in [0.1, 0.15) is 5.58 Å². The molecule has 0 aliphatic carbocycles. The van der Waals surface area contributed by atoms with Crippen LogP contribution in [0.4, 0.5) is 0 Å². The van der Waals surface area contributed by atoms with Gasteiger partial charge >= 0.3 is 0 Å². The molecule has 1 amide bonds. The second kappa shape index (κ2) is 6.38. The molecule has 2 aromatic heterocycles. The van der Waals surface area contributed by atoms with E-state index in [0.29, 0.717) is 11.6 Å². The molecule has 0 unspecified atom stereocenters. The average Bonchev–Trinajstić information content (AvgIpc) is 2.89. The molecule has 23 heavy (non-hydrogen) atoms. The lowest BCUT2D eigenvalue weighted by molar-refractivity contribution is -0.120. The smallest absolute Gasteiger partial charge is 0.224 e. The Labute approximate surface area is 138 Å². The van der Waals surface area contributed by atoms with Crippen molar-refractivity contribution in [1.29, 1.82) is 0 Å². The second-order valence-corrected chi connectivity index (χ2v) is 5.87. The van der Waals surface area contributed by atoms with Crippen molar-refractivity contribution in [2.75, 3.05) is 0 Å². The minimum Gasteiger partial charge on any atom is -0.464 e.